The second-order valence-electron chi connectivity index (χ2n) is 5.63. The summed E-state index contributed by atoms with van der Waals surface area (Å²) in [7, 11) is -7.66. The van der Waals surface area contributed by atoms with E-state index in [9.17, 15) is 16.8 Å². The molecule has 2 N–H and O–H groups in total. The molecule has 10 heteroatoms. The van der Waals surface area contributed by atoms with Crippen molar-refractivity contribution in [3.8, 4) is 0 Å². The monoisotopic (exact) mass is 457 g/mol. The Morgan fingerprint density at radius 1 is 0.885 bits per heavy atom. The highest BCUT2D eigenvalue weighted by atomic mass is 79.9. The van der Waals surface area contributed by atoms with Crippen LogP contribution in [0.15, 0.2) is 67.8 Å². The molecule has 26 heavy (non-hydrogen) atoms. The fraction of sp³-hybridized carbons (Fsp3) is 0.188. The molecular formula is C16H16BrN3O4S2. The summed E-state index contributed by atoms with van der Waals surface area (Å²) in [6.07, 6.45) is 1.39. The van der Waals surface area contributed by atoms with Crippen molar-refractivity contribution >= 4 is 47.5 Å². The molecule has 0 aromatic heterocycles. The van der Waals surface area contributed by atoms with Crippen LogP contribution < -0.4 is 9.44 Å². The van der Waals surface area contributed by atoms with Crippen LogP contribution >= 0.6 is 15.9 Å². The lowest BCUT2D eigenvalue weighted by Crippen LogP contribution is -2.29. The van der Waals surface area contributed by atoms with Crippen LogP contribution in [0.5, 0.6) is 0 Å². The summed E-state index contributed by atoms with van der Waals surface area (Å²) < 4.78 is 55.3. The first-order chi connectivity index (χ1) is 12.3. The maximum atomic E-state index is 12.5. The molecule has 1 aliphatic rings. The van der Waals surface area contributed by atoms with E-state index in [4.69, 9.17) is 0 Å². The van der Waals surface area contributed by atoms with Gasteiger partial charge in [0.15, 0.2) is 0 Å². The third kappa shape index (κ3) is 4.43. The quantitative estimate of drug-likeness (QED) is 0.719. The average molecular weight is 458 g/mol. The van der Waals surface area contributed by atoms with Gasteiger partial charge in [0.05, 0.1) is 15.5 Å². The number of anilines is 1. The van der Waals surface area contributed by atoms with Crippen molar-refractivity contribution in [2.24, 2.45) is 4.99 Å². The Labute approximate surface area is 160 Å². The van der Waals surface area contributed by atoms with Crippen LogP contribution in [0.4, 0.5) is 5.69 Å². The molecule has 1 aliphatic heterocycles. The van der Waals surface area contributed by atoms with Crippen LogP contribution in [0.1, 0.15) is 12.8 Å². The molecule has 0 aliphatic carbocycles. The molecule has 2 aromatic carbocycles. The van der Waals surface area contributed by atoms with E-state index in [0.717, 1.165) is 6.42 Å². The van der Waals surface area contributed by atoms with Crippen LogP contribution in [-0.4, -0.2) is 29.2 Å². The highest BCUT2D eigenvalue weighted by Gasteiger charge is 2.20. The molecule has 0 atom stereocenters. The van der Waals surface area contributed by atoms with E-state index in [0.29, 0.717) is 23.3 Å². The summed E-state index contributed by atoms with van der Waals surface area (Å²) in [6.45, 7) is 0.602. The fourth-order valence-electron chi connectivity index (χ4n) is 2.41. The molecule has 0 radical (unpaired) electrons. The van der Waals surface area contributed by atoms with Crippen molar-refractivity contribution in [3.05, 3.63) is 53.0 Å². The van der Waals surface area contributed by atoms with Gasteiger partial charge < -0.3 is 0 Å². The van der Waals surface area contributed by atoms with Crippen molar-refractivity contribution < 1.29 is 16.8 Å². The van der Waals surface area contributed by atoms with Gasteiger partial charge in [-0.25, -0.2) is 16.8 Å². The average Bonchev–Trinajstić information content (AvgIpc) is 3.07. The number of rotatable bonds is 5. The van der Waals surface area contributed by atoms with Crippen molar-refractivity contribution in [2.45, 2.75) is 22.6 Å². The summed E-state index contributed by atoms with van der Waals surface area (Å²) in [6, 6.07) is 11.9. The Hall–Kier alpha value is -1.91. The van der Waals surface area contributed by atoms with Gasteiger partial charge in [-0.15, -0.1) is 0 Å². The number of nitrogens with one attached hydrogen (secondary N) is 2. The van der Waals surface area contributed by atoms with Gasteiger partial charge >= 0.3 is 0 Å². The smallest absolute Gasteiger partial charge is 0.262 e. The van der Waals surface area contributed by atoms with E-state index in [-0.39, 0.29) is 15.5 Å². The van der Waals surface area contributed by atoms with Gasteiger partial charge in [-0.05, 0) is 42.8 Å². The fourth-order valence-corrected chi connectivity index (χ4v) is 5.19. The Bertz CT molecular complexity index is 1070. The Kier molecular flexibility index (Phi) is 5.35. The number of hydrogen-bond acceptors (Lipinski definition) is 5. The van der Waals surface area contributed by atoms with Gasteiger partial charge in [-0.3, -0.25) is 14.4 Å². The molecule has 2 aromatic rings. The van der Waals surface area contributed by atoms with E-state index in [1.54, 1.807) is 12.1 Å². The lowest BCUT2D eigenvalue weighted by atomic mass is 10.3. The van der Waals surface area contributed by atoms with Crippen LogP contribution in [0.2, 0.25) is 0 Å². The second-order valence-corrected chi connectivity index (χ2v) is 9.91. The minimum absolute atomic E-state index is 0.0402. The number of hydrogen-bond donors (Lipinski definition) is 2. The molecular weight excluding hydrogens is 442 g/mol. The molecule has 3 rings (SSSR count). The van der Waals surface area contributed by atoms with Gasteiger partial charge in [0, 0.05) is 17.4 Å². The normalized spacial score (nSPS) is 14.7. The van der Waals surface area contributed by atoms with E-state index < -0.39 is 20.0 Å². The van der Waals surface area contributed by atoms with Gasteiger partial charge in [-0.1, -0.05) is 28.1 Å². The van der Waals surface area contributed by atoms with Crippen LogP contribution in [-0.2, 0) is 20.0 Å². The number of nitrogens with zero attached hydrogens (tertiary/aromatic N) is 1. The molecule has 1 heterocycles. The van der Waals surface area contributed by atoms with Crippen LogP contribution in [0.3, 0.4) is 0 Å². The summed E-state index contributed by atoms with van der Waals surface area (Å²) in [4.78, 5) is 4.11. The molecule has 0 unspecified atom stereocenters. The Balaban J connectivity index is 1.85. The number of aliphatic imine (C=N–C) groups is 1. The maximum absolute atomic E-state index is 12.5. The summed E-state index contributed by atoms with van der Waals surface area (Å²) in [5, 5.41) is 0. The molecule has 138 valence electrons. The second kappa shape index (κ2) is 7.37. The molecule has 7 nitrogen and oxygen atoms in total. The zero-order valence-electron chi connectivity index (χ0n) is 13.5. The zero-order chi connectivity index (χ0) is 18.8. The van der Waals surface area contributed by atoms with E-state index in [1.165, 1.54) is 36.4 Å². The minimum Gasteiger partial charge on any atom is -0.280 e. The molecule has 0 bridgehead atoms. The van der Waals surface area contributed by atoms with Gasteiger partial charge in [0.2, 0.25) is 0 Å². The lowest BCUT2D eigenvalue weighted by molar-refractivity contribution is 0.591. The first-order valence-corrected chi connectivity index (χ1v) is 11.5. The van der Waals surface area contributed by atoms with Crippen molar-refractivity contribution in [1.29, 1.82) is 0 Å². The largest absolute Gasteiger partial charge is 0.280 e. The molecule has 0 saturated carbocycles. The highest BCUT2D eigenvalue weighted by Crippen LogP contribution is 2.22. The number of amidine groups is 1. The van der Waals surface area contributed by atoms with Crippen molar-refractivity contribution in [1.82, 2.24) is 4.72 Å². The Morgan fingerprint density at radius 3 is 2.19 bits per heavy atom. The summed E-state index contributed by atoms with van der Waals surface area (Å²) in [5.74, 6) is 0.421. The van der Waals surface area contributed by atoms with Crippen molar-refractivity contribution in [3.63, 3.8) is 0 Å². The predicted molar refractivity (Wildman–Crippen MR) is 103 cm³/mol. The maximum Gasteiger partial charge on any atom is 0.262 e. The highest BCUT2D eigenvalue weighted by molar-refractivity contribution is 9.10. The molecule has 0 fully saturated rings. The van der Waals surface area contributed by atoms with Gasteiger partial charge in [-0.2, -0.15) is 0 Å². The molecule has 0 saturated heterocycles. The van der Waals surface area contributed by atoms with Crippen LogP contribution in [0, 0.1) is 0 Å². The SMILES string of the molecule is O=S(=O)(NC1=NCCC1)c1cccc(NS(=O)(=O)c2cccc(Br)c2)c1. The lowest BCUT2D eigenvalue weighted by Gasteiger charge is -2.11. The van der Waals surface area contributed by atoms with Gasteiger partial charge in [0.1, 0.15) is 5.84 Å². The number of sulfonamides is 2. The van der Waals surface area contributed by atoms with Gasteiger partial charge in [0.25, 0.3) is 20.0 Å². The zero-order valence-corrected chi connectivity index (χ0v) is 16.7. The minimum atomic E-state index is -3.84. The van der Waals surface area contributed by atoms with E-state index >= 15 is 0 Å². The molecule has 0 spiro atoms. The Morgan fingerprint density at radius 2 is 1.54 bits per heavy atom. The number of halogens is 1. The van der Waals surface area contributed by atoms with E-state index in [1.807, 2.05) is 0 Å². The topological polar surface area (TPSA) is 105 Å². The standard InChI is InChI=1S/C16H16BrN3O4S2/c17-12-4-1-6-14(10-12)25(21,22)19-13-5-2-7-15(11-13)26(23,24)20-16-8-3-9-18-16/h1-2,4-7,10-11,19H,3,8-9H2,(H,18,20). The van der Waals surface area contributed by atoms with Crippen molar-refractivity contribution in [2.75, 3.05) is 11.3 Å². The third-order valence-electron chi connectivity index (χ3n) is 3.63. The summed E-state index contributed by atoms with van der Waals surface area (Å²) in [5.41, 5.74) is 0.154. The predicted octanol–water partition coefficient (Wildman–Crippen LogP) is 2.72. The number of benzene rings is 2. The third-order valence-corrected chi connectivity index (χ3v) is 6.88. The molecule has 0 amide bonds. The van der Waals surface area contributed by atoms with Crippen LogP contribution in [0.25, 0.3) is 0 Å². The first kappa shape index (κ1) is 18.9. The van der Waals surface area contributed by atoms with E-state index in [2.05, 4.69) is 30.4 Å². The summed E-state index contributed by atoms with van der Waals surface area (Å²) >= 11 is 3.23. The first-order valence-electron chi connectivity index (χ1n) is 7.71.